The Labute approximate surface area is 173 Å². The molecule has 0 unspecified atom stereocenters. The summed E-state index contributed by atoms with van der Waals surface area (Å²) in [4.78, 5) is 31.1. The zero-order chi connectivity index (χ0) is 21.1. The molecule has 1 N–H and O–H groups in total. The van der Waals surface area contributed by atoms with Crippen molar-refractivity contribution in [2.75, 3.05) is 25.5 Å². The molecule has 0 aromatic carbocycles. The van der Waals surface area contributed by atoms with Gasteiger partial charge in [0.15, 0.2) is 0 Å². The van der Waals surface area contributed by atoms with E-state index in [0.717, 1.165) is 61.0 Å². The molecule has 6 heteroatoms. The Morgan fingerprint density at radius 1 is 1.24 bits per heavy atom. The number of amides is 1. The van der Waals surface area contributed by atoms with Gasteiger partial charge in [-0.3, -0.25) is 0 Å². The molecule has 1 aliphatic carbocycles. The van der Waals surface area contributed by atoms with Crippen LogP contribution in [0.2, 0.25) is 0 Å². The number of rotatable bonds is 4. The lowest BCUT2D eigenvalue weighted by molar-refractivity contribution is -0.113. The van der Waals surface area contributed by atoms with E-state index in [0.29, 0.717) is 13.1 Å². The largest absolute Gasteiger partial charge is 0.444 e. The van der Waals surface area contributed by atoms with Crippen molar-refractivity contribution >= 4 is 23.6 Å². The van der Waals surface area contributed by atoms with Crippen molar-refractivity contribution in [2.45, 2.75) is 70.3 Å². The molecule has 29 heavy (non-hydrogen) atoms. The number of ether oxygens (including phenoxy) is 1. The molecule has 0 saturated heterocycles. The summed E-state index contributed by atoms with van der Waals surface area (Å²) in [7, 11) is 1.88. The Morgan fingerprint density at radius 2 is 1.97 bits per heavy atom. The second-order valence-corrected chi connectivity index (χ2v) is 9.08. The second-order valence-electron chi connectivity index (χ2n) is 9.08. The molecule has 1 aromatic rings. The first-order valence-electron chi connectivity index (χ1n) is 10.6. The molecule has 0 radical (unpaired) electrons. The number of aldehydes is 1. The van der Waals surface area contributed by atoms with Gasteiger partial charge in [-0.05, 0) is 57.7 Å². The van der Waals surface area contributed by atoms with Crippen LogP contribution in [-0.4, -0.2) is 48.0 Å². The zero-order valence-electron chi connectivity index (χ0n) is 18.1. The molecule has 1 fully saturated rings. The van der Waals surface area contributed by atoms with Crippen LogP contribution in [0.5, 0.6) is 0 Å². The summed E-state index contributed by atoms with van der Waals surface area (Å²) in [5.41, 5.74) is 2.81. The summed E-state index contributed by atoms with van der Waals surface area (Å²) in [5.74, 6) is 0. The van der Waals surface area contributed by atoms with Crippen molar-refractivity contribution in [3.8, 4) is 0 Å². The number of carbonyl (C=O) groups excluding carboxylic acids is 2. The number of nitrogens with zero attached hydrogens (tertiary/aromatic N) is 2. The number of anilines is 1. The van der Waals surface area contributed by atoms with Gasteiger partial charge in [0, 0.05) is 20.1 Å². The molecule has 3 rings (SSSR count). The van der Waals surface area contributed by atoms with Crippen molar-refractivity contribution in [2.24, 2.45) is 0 Å². The SMILES string of the molecule is CNc1ccc(C2=CCN(C(=O)OC(C)(C)C)CC2)nc1C1(C=O)CCCCC1. The van der Waals surface area contributed by atoms with Crippen LogP contribution >= 0.6 is 0 Å². The number of hydrogen-bond acceptors (Lipinski definition) is 5. The Morgan fingerprint density at radius 3 is 2.52 bits per heavy atom. The van der Waals surface area contributed by atoms with Crippen LogP contribution in [0.3, 0.4) is 0 Å². The highest BCUT2D eigenvalue weighted by Gasteiger charge is 2.37. The van der Waals surface area contributed by atoms with E-state index in [1.807, 2.05) is 46.0 Å². The third-order valence-electron chi connectivity index (χ3n) is 5.80. The Balaban J connectivity index is 1.83. The van der Waals surface area contributed by atoms with Crippen molar-refractivity contribution in [1.82, 2.24) is 9.88 Å². The third-order valence-corrected chi connectivity index (χ3v) is 5.80. The van der Waals surface area contributed by atoms with Crippen molar-refractivity contribution in [3.63, 3.8) is 0 Å². The van der Waals surface area contributed by atoms with Gasteiger partial charge < -0.3 is 19.7 Å². The predicted molar refractivity (Wildman–Crippen MR) is 115 cm³/mol. The van der Waals surface area contributed by atoms with E-state index in [1.165, 1.54) is 6.42 Å². The minimum Gasteiger partial charge on any atom is -0.444 e. The van der Waals surface area contributed by atoms with Gasteiger partial charge in [-0.1, -0.05) is 25.3 Å². The molecule has 0 spiro atoms. The maximum Gasteiger partial charge on any atom is 0.410 e. The Bertz CT molecular complexity index is 789. The summed E-state index contributed by atoms with van der Waals surface area (Å²) in [5, 5.41) is 3.22. The van der Waals surface area contributed by atoms with E-state index in [-0.39, 0.29) is 6.09 Å². The highest BCUT2D eigenvalue weighted by Crippen LogP contribution is 2.40. The standard InChI is InChI=1S/C23H33N3O3/c1-22(2,3)29-21(28)26-14-10-17(11-15-26)18-8-9-19(24-4)20(25-18)23(16-27)12-6-5-7-13-23/h8-10,16,24H,5-7,11-15H2,1-4H3. The molecule has 1 aliphatic heterocycles. The molecular weight excluding hydrogens is 366 g/mol. The van der Waals surface area contributed by atoms with E-state index in [4.69, 9.17) is 9.72 Å². The average molecular weight is 400 g/mol. The quantitative estimate of drug-likeness (QED) is 0.752. The van der Waals surface area contributed by atoms with Crippen LogP contribution in [0.15, 0.2) is 18.2 Å². The summed E-state index contributed by atoms with van der Waals surface area (Å²) in [6.07, 6.45) is 8.59. The van der Waals surface area contributed by atoms with Gasteiger partial charge in [-0.15, -0.1) is 0 Å². The van der Waals surface area contributed by atoms with Gasteiger partial charge >= 0.3 is 6.09 Å². The summed E-state index contributed by atoms with van der Waals surface area (Å²) < 4.78 is 5.47. The fourth-order valence-electron chi connectivity index (χ4n) is 4.21. The molecule has 1 aromatic heterocycles. The van der Waals surface area contributed by atoms with Crippen LogP contribution in [0.4, 0.5) is 10.5 Å². The third kappa shape index (κ3) is 4.80. The van der Waals surface area contributed by atoms with Crippen LogP contribution in [0.1, 0.15) is 70.7 Å². The van der Waals surface area contributed by atoms with Crippen LogP contribution < -0.4 is 5.32 Å². The molecule has 2 aliphatic rings. The first-order valence-corrected chi connectivity index (χ1v) is 10.6. The van der Waals surface area contributed by atoms with E-state index in [9.17, 15) is 9.59 Å². The Hall–Kier alpha value is -2.37. The summed E-state index contributed by atoms with van der Waals surface area (Å²) in [6.45, 7) is 6.73. The lowest BCUT2D eigenvalue weighted by atomic mass is 9.72. The van der Waals surface area contributed by atoms with Gasteiger partial charge in [-0.2, -0.15) is 0 Å². The van der Waals surface area contributed by atoms with Crippen molar-refractivity contribution < 1.29 is 14.3 Å². The average Bonchev–Trinajstić information content (AvgIpc) is 2.72. The molecule has 2 heterocycles. The highest BCUT2D eigenvalue weighted by molar-refractivity contribution is 5.75. The van der Waals surface area contributed by atoms with Crippen LogP contribution in [0.25, 0.3) is 5.57 Å². The van der Waals surface area contributed by atoms with E-state index in [2.05, 4.69) is 5.32 Å². The molecule has 1 amide bonds. The lowest BCUT2D eigenvalue weighted by Crippen LogP contribution is -2.39. The van der Waals surface area contributed by atoms with E-state index < -0.39 is 11.0 Å². The maximum absolute atomic E-state index is 12.3. The zero-order valence-corrected chi connectivity index (χ0v) is 18.1. The monoisotopic (exact) mass is 399 g/mol. The smallest absolute Gasteiger partial charge is 0.410 e. The topological polar surface area (TPSA) is 71.5 Å². The number of pyridine rings is 1. The fourth-order valence-corrected chi connectivity index (χ4v) is 4.21. The van der Waals surface area contributed by atoms with Crippen molar-refractivity contribution in [3.05, 3.63) is 29.6 Å². The van der Waals surface area contributed by atoms with Crippen LogP contribution in [0, 0.1) is 0 Å². The predicted octanol–water partition coefficient (Wildman–Crippen LogP) is 4.55. The second kappa shape index (κ2) is 8.56. The first kappa shape index (κ1) is 21.3. The van der Waals surface area contributed by atoms with Gasteiger partial charge in [0.2, 0.25) is 0 Å². The van der Waals surface area contributed by atoms with Gasteiger partial charge in [0.1, 0.15) is 11.9 Å². The summed E-state index contributed by atoms with van der Waals surface area (Å²) in [6, 6.07) is 4.03. The number of nitrogens with one attached hydrogen (secondary N) is 1. The highest BCUT2D eigenvalue weighted by atomic mass is 16.6. The van der Waals surface area contributed by atoms with Gasteiger partial charge in [-0.25, -0.2) is 9.78 Å². The van der Waals surface area contributed by atoms with E-state index in [1.54, 1.807) is 4.90 Å². The summed E-state index contributed by atoms with van der Waals surface area (Å²) >= 11 is 0. The first-order chi connectivity index (χ1) is 13.8. The molecule has 1 saturated carbocycles. The number of carbonyl (C=O) groups is 2. The maximum atomic E-state index is 12.3. The lowest BCUT2D eigenvalue weighted by Gasteiger charge is -2.33. The van der Waals surface area contributed by atoms with Crippen LogP contribution in [-0.2, 0) is 14.9 Å². The van der Waals surface area contributed by atoms with Gasteiger partial charge in [0.25, 0.3) is 0 Å². The molecular formula is C23H33N3O3. The Kier molecular flexibility index (Phi) is 6.30. The molecule has 158 valence electrons. The number of aromatic nitrogens is 1. The van der Waals surface area contributed by atoms with E-state index >= 15 is 0 Å². The minimum atomic E-state index is -0.496. The number of hydrogen-bond donors (Lipinski definition) is 1. The molecule has 6 nitrogen and oxygen atoms in total. The van der Waals surface area contributed by atoms with Crippen molar-refractivity contribution in [1.29, 1.82) is 0 Å². The van der Waals surface area contributed by atoms with Gasteiger partial charge in [0.05, 0.1) is 22.5 Å². The minimum absolute atomic E-state index is 0.283. The molecule has 0 atom stereocenters. The fraction of sp³-hybridized carbons (Fsp3) is 0.609. The normalized spacial score (nSPS) is 19.3. The molecule has 0 bridgehead atoms.